The van der Waals surface area contributed by atoms with Crippen LogP contribution in [0.3, 0.4) is 0 Å². The first-order valence-electron chi connectivity index (χ1n) is 8.84. The highest BCUT2D eigenvalue weighted by Gasteiger charge is 2.20. The van der Waals surface area contributed by atoms with E-state index in [9.17, 15) is 9.59 Å². The van der Waals surface area contributed by atoms with Crippen molar-refractivity contribution in [2.45, 2.75) is 51.5 Å². The maximum atomic E-state index is 12.4. The molecular weight excluding hydrogens is 304 g/mol. The second kappa shape index (κ2) is 9.30. The van der Waals surface area contributed by atoms with Crippen LogP contribution in [0.5, 0.6) is 0 Å². The minimum absolute atomic E-state index is 0.0255. The smallest absolute Gasteiger partial charge is 0.407 e. The molecule has 132 valence electrons. The Kier molecular flexibility index (Phi) is 7.09. The normalized spacial score (nSPS) is 16.2. The highest BCUT2D eigenvalue weighted by atomic mass is 16.5. The molecule has 5 nitrogen and oxygen atoms in total. The van der Waals surface area contributed by atoms with Gasteiger partial charge in [0, 0.05) is 24.7 Å². The summed E-state index contributed by atoms with van der Waals surface area (Å²) in [5.41, 5.74) is 0.866. The van der Waals surface area contributed by atoms with E-state index in [4.69, 9.17) is 4.74 Å². The fourth-order valence-corrected chi connectivity index (χ4v) is 3.02. The van der Waals surface area contributed by atoms with Crippen molar-refractivity contribution in [1.82, 2.24) is 5.32 Å². The highest BCUT2D eigenvalue weighted by molar-refractivity contribution is 5.94. The van der Waals surface area contributed by atoms with Crippen LogP contribution in [0.4, 0.5) is 10.5 Å². The van der Waals surface area contributed by atoms with Gasteiger partial charge in [-0.15, -0.1) is 0 Å². The Hall–Kier alpha value is -2.04. The third-order valence-corrected chi connectivity index (χ3v) is 4.61. The Labute approximate surface area is 144 Å². The molecule has 0 spiro atoms. The Balaban J connectivity index is 1.69. The van der Waals surface area contributed by atoms with Crippen LogP contribution in [-0.4, -0.2) is 31.7 Å². The van der Waals surface area contributed by atoms with Crippen LogP contribution in [0.2, 0.25) is 0 Å². The molecule has 0 aromatic heterocycles. The van der Waals surface area contributed by atoms with E-state index in [-0.39, 0.29) is 30.6 Å². The summed E-state index contributed by atoms with van der Waals surface area (Å²) in [5, 5.41) is 2.91. The van der Waals surface area contributed by atoms with Crippen molar-refractivity contribution in [3.63, 3.8) is 0 Å². The molecule has 0 heterocycles. The minimum atomic E-state index is -0.363. The van der Waals surface area contributed by atoms with E-state index in [0.717, 1.165) is 18.5 Å². The molecule has 1 aromatic carbocycles. The monoisotopic (exact) mass is 332 g/mol. The number of nitrogens with one attached hydrogen (secondary N) is 1. The molecular formula is C19H28N2O3. The van der Waals surface area contributed by atoms with Gasteiger partial charge in [-0.05, 0) is 31.4 Å². The lowest BCUT2D eigenvalue weighted by Gasteiger charge is -2.23. The molecule has 0 bridgehead atoms. The Morgan fingerprint density at radius 3 is 2.54 bits per heavy atom. The van der Waals surface area contributed by atoms with E-state index in [2.05, 4.69) is 5.32 Å². The summed E-state index contributed by atoms with van der Waals surface area (Å²) < 4.78 is 5.23. The first-order valence-corrected chi connectivity index (χ1v) is 8.84. The molecule has 1 aliphatic carbocycles. The molecule has 1 unspecified atom stereocenters. The average Bonchev–Trinajstić information content (AvgIpc) is 2.62. The first kappa shape index (κ1) is 18.3. The summed E-state index contributed by atoms with van der Waals surface area (Å²) in [4.78, 5) is 25.8. The van der Waals surface area contributed by atoms with Gasteiger partial charge in [0.1, 0.15) is 0 Å². The maximum absolute atomic E-state index is 12.4. The van der Waals surface area contributed by atoms with Gasteiger partial charge in [-0.2, -0.15) is 0 Å². The second-order valence-electron chi connectivity index (χ2n) is 6.54. The van der Waals surface area contributed by atoms with Gasteiger partial charge in [0.25, 0.3) is 0 Å². The molecule has 1 saturated carbocycles. The third-order valence-electron chi connectivity index (χ3n) is 4.61. The molecule has 0 aliphatic heterocycles. The van der Waals surface area contributed by atoms with E-state index in [1.54, 1.807) is 11.9 Å². The molecule has 24 heavy (non-hydrogen) atoms. The van der Waals surface area contributed by atoms with Crippen LogP contribution in [0.25, 0.3) is 0 Å². The van der Waals surface area contributed by atoms with Crippen molar-refractivity contribution >= 4 is 17.7 Å². The first-order chi connectivity index (χ1) is 11.6. The molecule has 0 radical (unpaired) electrons. The van der Waals surface area contributed by atoms with Gasteiger partial charge < -0.3 is 15.0 Å². The Morgan fingerprint density at radius 2 is 1.88 bits per heavy atom. The van der Waals surface area contributed by atoms with Gasteiger partial charge in [-0.25, -0.2) is 4.79 Å². The minimum Gasteiger partial charge on any atom is -0.450 e. The van der Waals surface area contributed by atoms with E-state index < -0.39 is 0 Å². The van der Waals surface area contributed by atoms with Crippen LogP contribution in [-0.2, 0) is 9.53 Å². The SMILES string of the molecule is CC(CCOC(=O)NC1CCCCC1)C(=O)N(C)c1ccccc1. The zero-order chi connectivity index (χ0) is 17.4. The molecule has 0 saturated heterocycles. The van der Waals surface area contributed by atoms with Gasteiger partial charge in [-0.3, -0.25) is 4.79 Å². The zero-order valence-corrected chi connectivity index (χ0v) is 14.7. The number of benzene rings is 1. The van der Waals surface area contributed by atoms with Gasteiger partial charge in [-0.1, -0.05) is 44.4 Å². The van der Waals surface area contributed by atoms with Gasteiger partial charge in [0.05, 0.1) is 6.61 Å². The van der Waals surface area contributed by atoms with E-state index >= 15 is 0 Å². The number of para-hydroxylation sites is 1. The van der Waals surface area contributed by atoms with Crippen LogP contribution in [0.15, 0.2) is 30.3 Å². The lowest BCUT2D eigenvalue weighted by atomic mass is 9.96. The molecule has 2 amide bonds. The van der Waals surface area contributed by atoms with Crippen molar-refractivity contribution in [2.24, 2.45) is 5.92 Å². The zero-order valence-electron chi connectivity index (χ0n) is 14.7. The number of ether oxygens (including phenoxy) is 1. The Morgan fingerprint density at radius 1 is 1.21 bits per heavy atom. The number of anilines is 1. The summed E-state index contributed by atoms with van der Waals surface area (Å²) >= 11 is 0. The summed E-state index contributed by atoms with van der Waals surface area (Å²) in [6.45, 7) is 2.12. The van der Waals surface area contributed by atoms with Gasteiger partial charge in [0.2, 0.25) is 5.91 Å². The van der Waals surface area contributed by atoms with E-state index in [1.165, 1.54) is 19.3 Å². The van der Waals surface area contributed by atoms with Gasteiger partial charge >= 0.3 is 6.09 Å². The number of carbonyl (C=O) groups excluding carboxylic acids is 2. The Bertz CT molecular complexity index is 527. The van der Waals surface area contributed by atoms with E-state index in [0.29, 0.717) is 6.42 Å². The van der Waals surface area contributed by atoms with Crippen LogP contribution in [0.1, 0.15) is 45.4 Å². The molecule has 1 aromatic rings. The van der Waals surface area contributed by atoms with Crippen molar-refractivity contribution in [1.29, 1.82) is 0 Å². The lowest BCUT2D eigenvalue weighted by molar-refractivity contribution is -0.122. The van der Waals surface area contributed by atoms with Crippen molar-refractivity contribution in [3.8, 4) is 0 Å². The van der Waals surface area contributed by atoms with Gasteiger partial charge in [0.15, 0.2) is 0 Å². The molecule has 1 fully saturated rings. The van der Waals surface area contributed by atoms with Crippen LogP contribution < -0.4 is 10.2 Å². The molecule has 1 aliphatic rings. The quantitative estimate of drug-likeness (QED) is 0.863. The number of nitrogens with zero attached hydrogens (tertiary/aromatic N) is 1. The number of amides is 2. The number of alkyl carbamates (subject to hydrolysis) is 1. The summed E-state index contributed by atoms with van der Waals surface area (Å²) in [6.07, 6.45) is 5.82. The lowest BCUT2D eigenvalue weighted by Crippen LogP contribution is -2.37. The van der Waals surface area contributed by atoms with Crippen molar-refractivity contribution < 1.29 is 14.3 Å². The predicted octanol–water partition coefficient (Wildman–Crippen LogP) is 3.73. The largest absolute Gasteiger partial charge is 0.450 e. The summed E-state index contributed by atoms with van der Waals surface area (Å²) in [6, 6.07) is 9.78. The molecule has 5 heteroatoms. The standard InChI is InChI=1S/C19H28N2O3/c1-15(18(22)21(2)17-11-7-4-8-12-17)13-14-24-19(23)20-16-9-5-3-6-10-16/h4,7-8,11-12,15-16H,3,5-6,9-10,13-14H2,1-2H3,(H,20,23). The summed E-state index contributed by atoms with van der Waals surface area (Å²) in [5.74, 6) is -0.171. The molecule has 1 atom stereocenters. The fraction of sp³-hybridized carbons (Fsp3) is 0.579. The van der Waals surface area contributed by atoms with Crippen LogP contribution >= 0.6 is 0 Å². The van der Waals surface area contributed by atoms with E-state index in [1.807, 2.05) is 37.3 Å². The number of rotatable bonds is 6. The number of hydrogen-bond donors (Lipinski definition) is 1. The molecule has 2 rings (SSSR count). The topological polar surface area (TPSA) is 58.6 Å². The number of carbonyl (C=O) groups is 2. The highest BCUT2D eigenvalue weighted by Crippen LogP contribution is 2.18. The number of hydrogen-bond acceptors (Lipinski definition) is 3. The second-order valence-corrected chi connectivity index (χ2v) is 6.54. The summed E-state index contributed by atoms with van der Waals surface area (Å²) in [7, 11) is 1.77. The average molecular weight is 332 g/mol. The predicted molar refractivity (Wildman–Crippen MR) is 95.0 cm³/mol. The fourth-order valence-electron chi connectivity index (χ4n) is 3.02. The molecule has 1 N–H and O–H groups in total. The van der Waals surface area contributed by atoms with Crippen molar-refractivity contribution in [2.75, 3.05) is 18.6 Å². The third kappa shape index (κ3) is 5.55. The van der Waals surface area contributed by atoms with Crippen molar-refractivity contribution in [3.05, 3.63) is 30.3 Å². The van der Waals surface area contributed by atoms with Crippen LogP contribution in [0, 0.1) is 5.92 Å². The maximum Gasteiger partial charge on any atom is 0.407 e.